The number of thiazole rings is 1. The van der Waals surface area contributed by atoms with Crippen LogP contribution in [-0.4, -0.2) is 42.0 Å². The van der Waals surface area contributed by atoms with E-state index >= 15 is 0 Å². The maximum atomic E-state index is 12.7. The molecule has 7 heteroatoms. The van der Waals surface area contributed by atoms with Crippen molar-refractivity contribution in [3.05, 3.63) is 40.9 Å². The van der Waals surface area contributed by atoms with Crippen LogP contribution in [0.4, 0.5) is 0 Å². The van der Waals surface area contributed by atoms with Crippen LogP contribution in [-0.2, 0) is 0 Å². The third-order valence-electron chi connectivity index (χ3n) is 4.72. The van der Waals surface area contributed by atoms with Gasteiger partial charge in [0.25, 0.3) is 5.91 Å². The highest BCUT2D eigenvalue weighted by Crippen LogP contribution is 2.26. The maximum absolute atomic E-state index is 12.7. The number of nitrogens with one attached hydrogen (secondary N) is 1. The zero-order valence-corrected chi connectivity index (χ0v) is 17.8. The Hall–Kier alpha value is -1.14. The van der Waals surface area contributed by atoms with Crippen LogP contribution in [0.25, 0.3) is 10.6 Å². The average molecular weight is 416 g/mol. The van der Waals surface area contributed by atoms with E-state index in [1.165, 1.54) is 16.9 Å². The molecule has 1 aliphatic rings. The molecule has 0 aliphatic carbocycles. The second-order valence-electron chi connectivity index (χ2n) is 6.71. The number of nitrogens with zero attached hydrogens (tertiary/aromatic N) is 2. The molecule has 1 fully saturated rings. The maximum Gasteiger partial charge on any atom is 0.273 e. The number of carbonyl (C=O) groups excluding carboxylic acids is 1. The number of aromatic nitrogens is 1. The van der Waals surface area contributed by atoms with Crippen molar-refractivity contribution >= 4 is 42.1 Å². The third kappa shape index (κ3) is 5.19. The Balaban J connectivity index is 0.00000169. The van der Waals surface area contributed by atoms with Crippen LogP contribution in [0.1, 0.15) is 48.7 Å². The zero-order chi connectivity index (χ0) is 17.1. The molecule has 1 N–H and O–H groups in total. The largest absolute Gasteiger partial charge is 0.337 e. The van der Waals surface area contributed by atoms with E-state index in [-0.39, 0.29) is 30.7 Å². The lowest BCUT2D eigenvalue weighted by Crippen LogP contribution is -2.44. The average Bonchev–Trinajstić information content (AvgIpc) is 3.11. The Morgan fingerprint density at radius 1 is 1.19 bits per heavy atom. The molecule has 144 valence electrons. The van der Waals surface area contributed by atoms with Crippen LogP contribution in [0, 0.1) is 0 Å². The van der Waals surface area contributed by atoms with E-state index in [4.69, 9.17) is 0 Å². The summed E-state index contributed by atoms with van der Waals surface area (Å²) in [6.45, 7) is 6.33. The second kappa shape index (κ2) is 10.3. The molecule has 1 amide bonds. The normalized spacial score (nSPS) is 14.5. The van der Waals surface area contributed by atoms with Crippen molar-refractivity contribution in [1.29, 1.82) is 0 Å². The third-order valence-corrected chi connectivity index (χ3v) is 5.62. The first-order chi connectivity index (χ1) is 11.6. The van der Waals surface area contributed by atoms with Crippen LogP contribution in [0.5, 0.6) is 0 Å². The molecule has 1 saturated heterocycles. The molecule has 1 aromatic heterocycles. The molecular formula is C19H27Cl2N3OS. The van der Waals surface area contributed by atoms with Crippen LogP contribution in [0.15, 0.2) is 29.6 Å². The number of rotatable bonds is 4. The van der Waals surface area contributed by atoms with E-state index < -0.39 is 0 Å². The number of hydrogen-bond acceptors (Lipinski definition) is 4. The fraction of sp³-hybridized carbons (Fsp3) is 0.474. The summed E-state index contributed by atoms with van der Waals surface area (Å²) in [7, 11) is 1.90. The lowest BCUT2D eigenvalue weighted by Gasteiger charge is -2.31. The van der Waals surface area contributed by atoms with Crippen molar-refractivity contribution in [2.45, 2.75) is 38.6 Å². The molecule has 2 heterocycles. The summed E-state index contributed by atoms with van der Waals surface area (Å²) in [6.07, 6.45) is 2.02. The summed E-state index contributed by atoms with van der Waals surface area (Å²) >= 11 is 1.54. The van der Waals surface area contributed by atoms with Crippen LogP contribution in [0.3, 0.4) is 0 Å². The molecule has 0 atom stereocenters. The van der Waals surface area contributed by atoms with Gasteiger partial charge in [-0.25, -0.2) is 4.98 Å². The molecule has 1 aliphatic heterocycles. The van der Waals surface area contributed by atoms with E-state index in [1.807, 2.05) is 17.3 Å². The Kier molecular flexibility index (Phi) is 9.04. The van der Waals surface area contributed by atoms with Crippen molar-refractivity contribution in [1.82, 2.24) is 15.2 Å². The topological polar surface area (TPSA) is 45.2 Å². The Morgan fingerprint density at radius 2 is 1.81 bits per heavy atom. The highest BCUT2D eigenvalue weighted by atomic mass is 35.5. The van der Waals surface area contributed by atoms with E-state index in [0.717, 1.165) is 36.5 Å². The van der Waals surface area contributed by atoms with Gasteiger partial charge in [0.2, 0.25) is 0 Å². The summed E-state index contributed by atoms with van der Waals surface area (Å²) in [5, 5.41) is 6.12. The van der Waals surface area contributed by atoms with Gasteiger partial charge in [0.05, 0.1) is 0 Å². The van der Waals surface area contributed by atoms with Gasteiger partial charge in [0.15, 0.2) is 0 Å². The summed E-state index contributed by atoms with van der Waals surface area (Å²) in [6, 6.07) is 8.79. The van der Waals surface area contributed by atoms with Crippen molar-refractivity contribution < 1.29 is 4.79 Å². The van der Waals surface area contributed by atoms with Crippen molar-refractivity contribution in [2.24, 2.45) is 0 Å². The number of benzene rings is 1. The minimum Gasteiger partial charge on any atom is -0.337 e. The predicted octanol–water partition coefficient (Wildman–Crippen LogP) is 4.60. The van der Waals surface area contributed by atoms with Gasteiger partial charge in [-0.05, 0) is 37.4 Å². The molecule has 0 unspecified atom stereocenters. The smallest absolute Gasteiger partial charge is 0.273 e. The van der Waals surface area contributed by atoms with E-state index in [1.54, 1.807) is 0 Å². The molecule has 0 spiro atoms. The number of halogens is 2. The molecule has 4 nitrogen and oxygen atoms in total. The number of carbonyl (C=O) groups is 1. The standard InChI is InChI=1S/C19H25N3OS.2ClH/c1-13(2)14-4-6-15(7-5-14)18-21-17(12-24-18)19(23)22(3)16-8-10-20-11-9-16;;/h4-7,12-13,16,20H,8-11H2,1-3H3;2*1H. The molecular weight excluding hydrogens is 389 g/mol. The van der Waals surface area contributed by atoms with Gasteiger partial charge in [-0.1, -0.05) is 38.1 Å². The second-order valence-corrected chi connectivity index (χ2v) is 7.57. The van der Waals surface area contributed by atoms with Gasteiger partial charge < -0.3 is 10.2 Å². The Bertz CT molecular complexity index is 697. The molecule has 1 aromatic carbocycles. The van der Waals surface area contributed by atoms with Crippen molar-refractivity contribution in [2.75, 3.05) is 20.1 Å². The molecule has 3 rings (SSSR count). The molecule has 26 heavy (non-hydrogen) atoms. The van der Waals surface area contributed by atoms with Crippen LogP contribution in [0.2, 0.25) is 0 Å². The van der Waals surface area contributed by atoms with Crippen molar-refractivity contribution in [3.63, 3.8) is 0 Å². The first-order valence-corrected chi connectivity index (χ1v) is 9.48. The first kappa shape index (κ1) is 22.9. The monoisotopic (exact) mass is 415 g/mol. The van der Waals surface area contributed by atoms with Gasteiger partial charge >= 0.3 is 0 Å². The Morgan fingerprint density at radius 3 is 2.38 bits per heavy atom. The fourth-order valence-corrected chi connectivity index (χ4v) is 3.86. The molecule has 0 saturated carbocycles. The molecule has 0 radical (unpaired) electrons. The van der Waals surface area contributed by atoms with Crippen LogP contribution >= 0.6 is 36.2 Å². The number of hydrogen-bond donors (Lipinski definition) is 1. The lowest BCUT2D eigenvalue weighted by atomic mass is 10.0. The van der Waals surface area contributed by atoms with E-state index in [9.17, 15) is 4.79 Å². The highest BCUT2D eigenvalue weighted by molar-refractivity contribution is 7.13. The minimum atomic E-state index is 0. The number of piperidine rings is 1. The molecule has 2 aromatic rings. The summed E-state index contributed by atoms with van der Waals surface area (Å²) in [4.78, 5) is 19.1. The summed E-state index contributed by atoms with van der Waals surface area (Å²) in [5.74, 6) is 0.550. The van der Waals surface area contributed by atoms with Gasteiger partial charge in [-0.15, -0.1) is 36.2 Å². The quantitative estimate of drug-likeness (QED) is 0.792. The lowest BCUT2D eigenvalue weighted by molar-refractivity contribution is 0.0698. The van der Waals surface area contributed by atoms with E-state index in [0.29, 0.717) is 17.7 Å². The van der Waals surface area contributed by atoms with Crippen LogP contribution < -0.4 is 5.32 Å². The fourth-order valence-electron chi connectivity index (χ4n) is 3.06. The van der Waals surface area contributed by atoms with E-state index in [2.05, 4.69) is 48.4 Å². The predicted molar refractivity (Wildman–Crippen MR) is 114 cm³/mol. The molecule has 0 bridgehead atoms. The number of amides is 1. The van der Waals surface area contributed by atoms with Gasteiger partial charge in [0, 0.05) is 24.0 Å². The Labute approximate surface area is 172 Å². The van der Waals surface area contributed by atoms with Gasteiger partial charge in [-0.3, -0.25) is 4.79 Å². The summed E-state index contributed by atoms with van der Waals surface area (Å²) in [5.41, 5.74) is 2.95. The summed E-state index contributed by atoms with van der Waals surface area (Å²) < 4.78 is 0. The minimum absolute atomic E-state index is 0. The van der Waals surface area contributed by atoms with Gasteiger partial charge in [-0.2, -0.15) is 0 Å². The first-order valence-electron chi connectivity index (χ1n) is 8.60. The SMILES string of the molecule is CC(C)c1ccc(-c2nc(C(=O)N(C)C3CCNCC3)cs2)cc1.Cl.Cl. The van der Waals surface area contributed by atoms with Gasteiger partial charge in [0.1, 0.15) is 10.7 Å². The zero-order valence-electron chi connectivity index (χ0n) is 15.4. The van der Waals surface area contributed by atoms with Crippen molar-refractivity contribution in [3.8, 4) is 10.6 Å². The highest BCUT2D eigenvalue weighted by Gasteiger charge is 2.24.